The van der Waals surface area contributed by atoms with E-state index in [1.54, 1.807) is 0 Å². The normalized spacial score (nSPS) is 10.8. The number of pyridine rings is 1. The number of aromatic nitrogens is 1. The van der Waals surface area contributed by atoms with Gasteiger partial charge in [-0.25, -0.2) is 13.8 Å². The number of nitrogens with zero attached hydrogens (tertiary/aromatic N) is 1. The van der Waals surface area contributed by atoms with Gasteiger partial charge in [0.1, 0.15) is 11.0 Å². The summed E-state index contributed by atoms with van der Waals surface area (Å²) in [7, 11) is 0. The predicted octanol–water partition coefficient (Wildman–Crippen LogP) is 3.02. The molecule has 1 aromatic heterocycles. The molecule has 0 aliphatic heterocycles. The Morgan fingerprint density at radius 1 is 1.58 bits per heavy atom. The predicted molar refractivity (Wildman–Crippen MR) is 46.3 cm³/mol. The molecule has 0 atom stereocenters. The van der Waals surface area contributed by atoms with Crippen LogP contribution in [0.15, 0.2) is 10.5 Å². The molecule has 6 heteroatoms. The third kappa shape index (κ3) is 1.84. The molecule has 0 saturated heterocycles. The SMILES string of the molecule is Nc1nc(Cl)cc(C(F)F)c1Br. The molecule has 2 N–H and O–H groups in total. The van der Waals surface area contributed by atoms with Crippen LogP contribution in [0.3, 0.4) is 0 Å². The number of alkyl halides is 2. The molecule has 0 spiro atoms. The fourth-order valence-electron chi connectivity index (χ4n) is 0.695. The Balaban J connectivity index is 3.28. The summed E-state index contributed by atoms with van der Waals surface area (Å²) < 4.78 is 24.5. The Hall–Kier alpha value is -0.420. The van der Waals surface area contributed by atoms with E-state index in [-0.39, 0.29) is 21.0 Å². The Morgan fingerprint density at radius 3 is 2.67 bits per heavy atom. The van der Waals surface area contributed by atoms with Gasteiger partial charge in [-0.2, -0.15) is 0 Å². The number of rotatable bonds is 1. The highest BCUT2D eigenvalue weighted by Gasteiger charge is 2.15. The van der Waals surface area contributed by atoms with Crippen LogP contribution in [0.5, 0.6) is 0 Å². The molecule has 2 nitrogen and oxygen atoms in total. The lowest BCUT2D eigenvalue weighted by molar-refractivity contribution is 0.150. The van der Waals surface area contributed by atoms with E-state index < -0.39 is 6.43 Å². The number of hydrogen-bond acceptors (Lipinski definition) is 2. The number of hydrogen-bond donors (Lipinski definition) is 1. The van der Waals surface area contributed by atoms with Crippen LogP contribution in [0, 0.1) is 0 Å². The van der Waals surface area contributed by atoms with Crippen LogP contribution in [0.4, 0.5) is 14.6 Å². The minimum Gasteiger partial charge on any atom is -0.383 e. The molecule has 0 aliphatic rings. The van der Waals surface area contributed by atoms with Crippen LogP contribution in [0.1, 0.15) is 12.0 Å². The summed E-state index contributed by atoms with van der Waals surface area (Å²) in [5, 5.41) is -0.0361. The fraction of sp³-hybridized carbons (Fsp3) is 0.167. The zero-order chi connectivity index (χ0) is 9.30. The highest BCUT2D eigenvalue weighted by molar-refractivity contribution is 9.10. The molecule has 1 rings (SSSR count). The summed E-state index contributed by atoms with van der Waals surface area (Å²) in [6, 6.07) is 1.08. The van der Waals surface area contributed by atoms with Crippen molar-refractivity contribution in [3.63, 3.8) is 0 Å². The van der Waals surface area contributed by atoms with Gasteiger partial charge >= 0.3 is 0 Å². The molecular formula is C6H4BrClF2N2. The van der Waals surface area contributed by atoms with Gasteiger partial charge in [0.05, 0.1) is 4.47 Å². The molecule has 0 unspecified atom stereocenters. The molecule has 66 valence electrons. The Morgan fingerprint density at radius 2 is 2.17 bits per heavy atom. The van der Waals surface area contributed by atoms with E-state index >= 15 is 0 Å². The smallest absolute Gasteiger partial charge is 0.265 e. The minimum atomic E-state index is -2.61. The second-order valence-electron chi connectivity index (χ2n) is 2.03. The fourth-order valence-corrected chi connectivity index (χ4v) is 1.28. The van der Waals surface area contributed by atoms with Gasteiger partial charge in [0.15, 0.2) is 0 Å². The van der Waals surface area contributed by atoms with Crippen molar-refractivity contribution >= 4 is 33.3 Å². The van der Waals surface area contributed by atoms with Crippen molar-refractivity contribution in [1.82, 2.24) is 4.98 Å². The van der Waals surface area contributed by atoms with Gasteiger partial charge < -0.3 is 5.73 Å². The standard InChI is InChI=1S/C6H4BrClF2N2/c7-4-2(5(9)10)1-3(8)12-6(4)11/h1,5H,(H2,11,12). The highest BCUT2D eigenvalue weighted by atomic mass is 79.9. The van der Waals surface area contributed by atoms with E-state index in [1.165, 1.54) is 0 Å². The maximum absolute atomic E-state index is 12.2. The molecule has 0 fully saturated rings. The lowest BCUT2D eigenvalue weighted by Crippen LogP contribution is -1.96. The monoisotopic (exact) mass is 256 g/mol. The van der Waals surface area contributed by atoms with Crippen molar-refractivity contribution in [2.75, 3.05) is 5.73 Å². The second-order valence-corrected chi connectivity index (χ2v) is 3.21. The van der Waals surface area contributed by atoms with E-state index in [0.717, 1.165) is 6.07 Å². The van der Waals surface area contributed by atoms with Crippen molar-refractivity contribution in [3.8, 4) is 0 Å². The molecule has 0 saturated carbocycles. The Labute approximate surface area is 80.9 Å². The van der Waals surface area contributed by atoms with E-state index in [1.807, 2.05) is 0 Å². The van der Waals surface area contributed by atoms with Crippen molar-refractivity contribution in [3.05, 3.63) is 21.3 Å². The first kappa shape index (κ1) is 9.67. The summed E-state index contributed by atoms with van der Waals surface area (Å²) in [4.78, 5) is 3.58. The number of halogens is 4. The third-order valence-electron chi connectivity index (χ3n) is 1.22. The zero-order valence-corrected chi connectivity index (χ0v) is 8.03. The minimum absolute atomic E-state index is 0.0298. The number of anilines is 1. The zero-order valence-electron chi connectivity index (χ0n) is 5.69. The third-order valence-corrected chi connectivity index (χ3v) is 2.27. The topological polar surface area (TPSA) is 38.9 Å². The molecule has 0 amide bonds. The Bertz CT molecular complexity index is 306. The maximum Gasteiger partial charge on any atom is 0.265 e. The second kappa shape index (κ2) is 3.53. The first-order chi connectivity index (χ1) is 5.52. The lowest BCUT2D eigenvalue weighted by Gasteiger charge is -2.05. The van der Waals surface area contributed by atoms with Crippen molar-refractivity contribution in [2.45, 2.75) is 6.43 Å². The van der Waals surface area contributed by atoms with Crippen molar-refractivity contribution in [2.24, 2.45) is 0 Å². The van der Waals surface area contributed by atoms with Gasteiger partial charge in [0.25, 0.3) is 6.43 Å². The van der Waals surface area contributed by atoms with E-state index in [9.17, 15) is 8.78 Å². The van der Waals surface area contributed by atoms with Crippen LogP contribution < -0.4 is 5.73 Å². The molecule has 0 aromatic carbocycles. The Kier molecular flexibility index (Phi) is 2.85. The molecule has 1 heterocycles. The van der Waals surface area contributed by atoms with Crippen molar-refractivity contribution < 1.29 is 8.78 Å². The first-order valence-corrected chi connectivity index (χ1v) is 4.09. The molecule has 0 radical (unpaired) electrons. The summed E-state index contributed by atoms with van der Waals surface area (Å²) in [6.45, 7) is 0. The molecule has 12 heavy (non-hydrogen) atoms. The van der Waals surface area contributed by atoms with Gasteiger partial charge in [-0.3, -0.25) is 0 Å². The van der Waals surface area contributed by atoms with Gasteiger partial charge in [-0.05, 0) is 22.0 Å². The van der Waals surface area contributed by atoms with Crippen LogP contribution in [0.2, 0.25) is 5.15 Å². The molecule has 0 aliphatic carbocycles. The van der Waals surface area contributed by atoms with Gasteiger partial charge in [-0.1, -0.05) is 11.6 Å². The van der Waals surface area contributed by atoms with Crippen LogP contribution in [-0.4, -0.2) is 4.98 Å². The first-order valence-electron chi connectivity index (χ1n) is 2.92. The summed E-state index contributed by atoms with van der Waals surface area (Å²) in [5.41, 5.74) is 5.04. The highest BCUT2D eigenvalue weighted by Crippen LogP contribution is 2.32. The molecule has 1 aromatic rings. The average Bonchev–Trinajstić information content (AvgIpc) is 1.96. The van der Waals surface area contributed by atoms with E-state index in [0.29, 0.717) is 0 Å². The maximum atomic E-state index is 12.2. The van der Waals surface area contributed by atoms with Gasteiger partial charge in [0, 0.05) is 5.56 Å². The summed E-state index contributed by atoms with van der Waals surface area (Å²) >= 11 is 8.31. The van der Waals surface area contributed by atoms with E-state index in [2.05, 4.69) is 20.9 Å². The quantitative estimate of drug-likeness (QED) is 0.786. The summed E-state index contributed by atoms with van der Waals surface area (Å²) in [5.74, 6) is -0.0298. The lowest BCUT2D eigenvalue weighted by atomic mass is 10.3. The average molecular weight is 257 g/mol. The largest absolute Gasteiger partial charge is 0.383 e. The number of nitrogen functional groups attached to an aromatic ring is 1. The summed E-state index contributed by atoms with van der Waals surface area (Å²) in [6.07, 6.45) is -2.61. The van der Waals surface area contributed by atoms with Crippen LogP contribution in [0.25, 0.3) is 0 Å². The van der Waals surface area contributed by atoms with E-state index in [4.69, 9.17) is 17.3 Å². The molecular weight excluding hydrogens is 253 g/mol. The molecule has 0 bridgehead atoms. The van der Waals surface area contributed by atoms with Gasteiger partial charge in [-0.15, -0.1) is 0 Å². The van der Waals surface area contributed by atoms with Crippen LogP contribution >= 0.6 is 27.5 Å². The number of nitrogens with two attached hydrogens (primary N) is 1. The van der Waals surface area contributed by atoms with Gasteiger partial charge in [0.2, 0.25) is 0 Å². The van der Waals surface area contributed by atoms with Crippen LogP contribution in [-0.2, 0) is 0 Å². The van der Waals surface area contributed by atoms with Crippen molar-refractivity contribution in [1.29, 1.82) is 0 Å².